The van der Waals surface area contributed by atoms with Gasteiger partial charge in [-0.1, -0.05) is 31.5 Å². The van der Waals surface area contributed by atoms with Crippen LogP contribution in [0.15, 0.2) is 78.5 Å². The molecule has 0 unspecified atom stereocenters. The maximum atomic E-state index is 13.4. The number of benzene rings is 1. The SMILES string of the molecule is C[C@@H]1CCN(C(=O)OC(C)(C)C)C[C@@H]1c1ncc2cnc3[nH]ccc3n12.Cc1ccc(S(=O)(=O)n2ccc3c2ncc2cnc([C@H]4CN(C(=O)OC(C)(C)C)CC[C@H]4C)n23)cc1. The van der Waals surface area contributed by atoms with Crippen LogP contribution in [-0.4, -0.2) is 105 Å². The van der Waals surface area contributed by atoms with Crippen molar-refractivity contribution in [1.29, 1.82) is 0 Å². The molecule has 0 saturated carbocycles. The maximum Gasteiger partial charge on any atom is 0.410 e. The monoisotopic (exact) mass is 864 g/mol. The molecule has 62 heavy (non-hydrogen) atoms. The molecule has 0 bridgehead atoms. The molecule has 2 aliphatic rings. The van der Waals surface area contributed by atoms with Crippen LogP contribution < -0.4 is 0 Å². The van der Waals surface area contributed by atoms with E-state index in [4.69, 9.17) is 19.4 Å². The summed E-state index contributed by atoms with van der Waals surface area (Å²) in [6, 6.07) is 10.5. The van der Waals surface area contributed by atoms with Crippen molar-refractivity contribution >= 4 is 55.6 Å². The van der Waals surface area contributed by atoms with Gasteiger partial charge in [-0.05, 0) is 97.4 Å². The summed E-state index contributed by atoms with van der Waals surface area (Å²) in [6.07, 6.45) is 11.7. The average Bonchev–Trinajstić information content (AvgIpc) is 4.02. The van der Waals surface area contributed by atoms with E-state index >= 15 is 0 Å². The Morgan fingerprint density at radius 3 is 1.73 bits per heavy atom. The first kappa shape index (κ1) is 42.7. The molecule has 1 N–H and O–H groups in total. The van der Waals surface area contributed by atoms with Crippen molar-refractivity contribution < 1.29 is 27.5 Å². The summed E-state index contributed by atoms with van der Waals surface area (Å²) >= 11 is 0. The van der Waals surface area contributed by atoms with E-state index in [0.717, 1.165) is 58.8 Å². The van der Waals surface area contributed by atoms with E-state index in [1.54, 1.807) is 47.6 Å². The third kappa shape index (κ3) is 8.33. The number of fused-ring (bicyclic) bond motifs is 6. The Kier molecular flexibility index (Phi) is 11.1. The van der Waals surface area contributed by atoms with Gasteiger partial charge in [0, 0.05) is 50.4 Å². The molecule has 16 nitrogen and oxygen atoms in total. The summed E-state index contributed by atoms with van der Waals surface area (Å²) in [4.78, 5) is 50.5. The molecule has 2 fully saturated rings. The van der Waals surface area contributed by atoms with Crippen molar-refractivity contribution in [2.75, 3.05) is 26.2 Å². The minimum atomic E-state index is -3.83. The van der Waals surface area contributed by atoms with E-state index in [1.165, 1.54) is 10.2 Å². The van der Waals surface area contributed by atoms with Crippen molar-refractivity contribution in [3.05, 3.63) is 90.8 Å². The molecule has 0 aliphatic carbocycles. The molecule has 328 valence electrons. The number of aryl methyl sites for hydroxylation is 1. The van der Waals surface area contributed by atoms with Crippen LogP contribution >= 0.6 is 0 Å². The number of rotatable bonds is 4. The molecule has 8 heterocycles. The number of carbonyl (C=O) groups excluding carboxylic acids is 2. The van der Waals surface area contributed by atoms with Crippen LogP contribution in [0.1, 0.15) is 97.3 Å². The first-order chi connectivity index (χ1) is 29.3. The average molecular weight is 865 g/mol. The van der Waals surface area contributed by atoms with Gasteiger partial charge in [-0.15, -0.1) is 0 Å². The third-order valence-corrected chi connectivity index (χ3v) is 13.4. The number of hydrogen-bond acceptors (Lipinski definition) is 10. The molecule has 2 amide bonds. The summed E-state index contributed by atoms with van der Waals surface area (Å²) in [5.74, 6) is 2.57. The van der Waals surface area contributed by atoms with Crippen molar-refractivity contribution in [1.82, 2.24) is 47.5 Å². The van der Waals surface area contributed by atoms with E-state index in [-0.39, 0.29) is 34.8 Å². The minimum absolute atomic E-state index is 0.0450. The van der Waals surface area contributed by atoms with Crippen LogP contribution in [0.25, 0.3) is 33.4 Å². The van der Waals surface area contributed by atoms with E-state index < -0.39 is 21.2 Å². The zero-order chi connectivity index (χ0) is 44.3. The number of amides is 2. The predicted molar refractivity (Wildman–Crippen MR) is 236 cm³/mol. The van der Waals surface area contributed by atoms with Gasteiger partial charge in [0.25, 0.3) is 10.0 Å². The lowest BCUT2D eigenvalue weighted by Gasteiger charge is -2.37. The first-order valence-electron chi connectivity index (χ1n) is 21.2. The Morgan fingerprint density at radius 2 is 1.19 bits per heavy atom. The fourth-order valence-electron chi connectivity index (χ4n) is 8.39. The highest BCUT2D eigenvalue weighted by Gasteiger charge is 2.36. The molecule has 7 aromatic rings. The van der Waals surface area contributed by atoms with Crippen molar-refractivity contribution in [3.8, 4) is 0 Å². The Hall–Kier alpha value is -5.97. The van der Waals surface area contributed by atoms with Crippen LogP contribution in [0.2, 0.25) is 0 Å². The van der Waals surface area contributed by atoms with Gasteiger partial charge >= 0.3 is 12.2 Å². The van der Waals surface area contributed by atoms with Gasteiger partial charge in [0.1, 0.15) is 22.9 Å². The Bertz CT molecular complexity index is 2880. The molecule has 2 aliphatic heterocycles. The summed E-state index contributed by atoms with van der Waals surface area (Å²) in [5.41, 5.74) is 4.49. The van der Waals surface area contributed by atoms with Crippen LogP contribution in [0.4, 0.5) is 9.59 Å². The van der Waals surface area contributed by atoms with E-state index in [0.29, 0.717) is 36.7 Å². The molecule has 0 radical (unpaired) electrons. The second-order valence-electron chi connectivity index (χ2n) is 18.7. The number of aromatic amines is 1. The number of nitrogens with one attached hydrogen (secondary N) is 1. The normalized spacial score (nSPS) is 20.1. The fourth-order valence-corrected chi connectivity index (χ4v) is 9.69. The highest BCUT2D eigenvalue weighted by Crippen LogP contribution is 2.36. The van der Waals surface area contributed by atoms with Gasteiger partial charge in [-0.3, -0.25) is 8.80 Å². The predicted octanol–water partition coefficient (Wildman–Crippen LogP) is 8.16. The number of piperidine rings is 2. The molecule has 17 heteroatoms. The number of imidazole rings is 2. The second kappa shape index (κ2) is 16.1. The standard InChI is InChI=1S/C26H31N5O4S.C19H25N5O2/c1-17-6-8-20(9-7-17)36(33,34)30-13-11-22-24(30)28-15-19-14-27-23(31(19)22)21-16-29(12-10-18(21)2)25(32)35-26(3,4)5;1-12-6-8-23(18(25)26-19(2,3)4)11-14(12)17-22-10-13-9-21-16-15(24(13)17)5-7-20-16/h6-9,11,13-15,18,21H,10,12,16H2,1-5H3;5,7,9-10,12,14,20H,6,8,11H2,1-4H3/t18-,21+;12-,14+/m11/s1. The second-order valence-corrected chi connectivity index (χ2v) is 20.5. The molecular formula is C45H56N10O6S. The summed E-state index contributed by atoms with van der Waals surface area (Å²) in [6.45, 7) is 20.0. The number of nitrogens with zero attached hydrogens (tertiary/aromatic N) is 9. The number of ether oxygens (including phenoxy) is 2. The third-order valence-electron chi connectivity index (χ3n) is 11.7. The number of aromatic nitrogens is 8. The van der Waals surface area contributed by atoms with Crippen LogP contribution in [0.5, 0.6) is 0 Å². The molecule has 0 spiro atoms. The molecular weight excluding hydrogens is 809 g/mol. The maximum absolute atomic E-state index is 13.4. The Labute approximate surface area is 361 Å². The van der Waals surface area contributed by atoms with Crippen molar-refractivity contribution in [3.63, 3.8) is 0 Å². The number of H-pyrrole nitrogens is 1. The van der Waals surface area contributed by atoms with Gasteiger partial charge in [0.2, 0.25) is 0 Å². The summed E-state index contributed by atoms with van der Waals surface area (Å²) < 4.78 is 43.3. The molecule has 1 aromatic carbocycles. The number of carbonyl (C=O) groups is 2. The Balaban J connectivity index is 0.000000180. The lowest BCUT2D eigenvalue weighted by molar-refractivity contribution is 0.0150. The van der Waals surface area contributed by atoms with Gasteiger partial charge in [0.15, 0.2) is 11.3 Å². The van der Waals surface area contributed by atoms with Gasteiger partial charge in [-0.25, -0.2) is 41.9 Å². The van der Waals surface area contributed by atoms with Crippen LogP contribution in [0.3, 0.4) is 0 Å². The largest absolute Gasteiger partial charge is 0.444 e. The van der Waals surface area contributed by atoms with Crippen LogP contribution in [0, 0.1) is 18.8 Å². The highest BCUT2D eigenvalue weighted by molar-refractivity contribution is 7.90. The minimum Gasteiger partial charge on any atom is -0.444 e. The zero-order valence-electron chi connectivity index (χ0n) is 36.9. The zero-order valence-corrected chi connectivity index (χ0v) is 37.7. The molecule has 6 aromatic heterocycles. The first-order valence-corrected chi connectivity index (χ1v) is 22.6. The Morgan fingerprint density at radius 1 is 0.694 bits per heavy atom. The van der Waals surface area contributed by atoms with E-state index in [1.807, 2.05) is 82.4 Å². The summed E-state index contributed by atoms with van der Waals surface area (Å²) in [5, 5.41) is 0. The quantitative estimate of drug-likeness (QED) is 0.182. The topological polar surface area (TPSA) is 174 Å². The van der Waals surface area contributed by atoms with Gasteiger partial charge < -0.3 is 24.3 Å². The smallest absolute Gasteiger partial charge is 0.410 e. The van der Waals surface area contributed by atoms with E-state index in [9.17, 15) is 18.0 Å². The molecule has 4 atom stereocenters. The van der Waals surface area contributed by atoms with Crippen molar-refractivity contribution in [2.24, 2.45) is 11.8 Å². The van der Waals surface area contributed by atoms with E-state index in [2.05, 4.69) is 33.2 Å². The summed E-state index contributed by atoms with van der Waals surface area (Å²) in [7, 11) is -3.83. The number of likely N-dealkylation sites (tertiary alicyclic amines) is 2. The van der Waals surface area contributed by atoms with Gasteiger partial charge in [-0.2, -0.15) is 0 Å². The van der Waals surface area contributed by atoms with Gasteiger partial charge in [0.05, 0.1) is 51.7 Å². The number of hydrogen-bond donors (Lipinski definition) is 1. The van der Waals surface area contributed by atoms with Crippen molar-refractivity contribution in [2.45, 2.75) is 103 Å². The molecule has 9 rings (SSSR count). The lowest BCUT2D eigenvalue weighted by Crippen LogP contribution is -2.44. The van der Waals surface area contributed by atoms with Crippen LogP contribution in [-0.2, 0) is 19.5 Å². The fraction of sp³-hybridized carbons (Fsp3) is 0.467. The molecule has 2 saturated heterocycles. The highest BCUT2D eigenvalue weighted by atomic mass is 32.2. The lowest BCUT2D eigenvalue weighted by atomic mass is 9.86.